The Labute approximate surface area is 74.6 Å². The summed E-state index contributed by atoms with van der Waals surface area (Å²) in [6, 6.07) is 6.73. The van der Waals surface area contributed by atoms with E-state index in [0.29, 0.717) is 0 Å². The first kappa shape index (κ1) is 7.85. The van der Waals surface area contributed by atoms with Gasteiger partial charge in [0, 0.05) is 0 Å². The van der Waals surface area contributed by atoms with Crippen molar-refractivity contribution in [2.45, 2.75) is 39.0 Å². The molecule has 1 saturated carbocycles. The standard InChI is InChI=1S/C12H16/c1-3-11-9(2)5-4-6-12(11)10-7-8-10/h4-6,10H,3,7-8H2,1-2H3. The van der Waals surface area contributed by atoms with Gasteiger partial charge in [-0.3, -0.25) is 0 Å². The van der Waals surface area contributed by atoms with Crippen molar-refractivity contribution in [1.82, 2.24) is 0 Å². The Bertz CT molecular complexity index is 282. The molecule has 0 atom stereocenters. The first-order chi connectivity index (χ1) is 5.83. The maximum Gasteiger partial charge on any atom is -0.0159 e. The molecule has 0 amide bonds. The normalized spacial score (nSPS) is 16.5. The van der Waals surface area contributed by atoms with Gasteiger partial charge in [-0.2, -0.15) is 0 Å². The zero-order valence-electron chi connectivity index (χ0n) is 7.93. The van der Waals surface area contributed by atoms with Crippen molar-refractivity contribution in [3.05, 3.63) is 34.9 Å². The molecule has 0 nitrogen and oxygen atoms in total. The van der Waals surface area contributed by atoms with E-state index in [1.165, 1.54) is 24.8 Å². The highest BCUT2D eigenvalue weighted by Gasteiger charge is 2.25. The lowest BCUT2D eigenvalue weighted by atomic mass is 9.97. The first-order valence-electron chi connectivity index (χ1n) is 4.91. The smallest absolute Gasteiger partial charge is 0.0159 e. The highest BCUT2D eigenvalue weighted by Crippen LogP contribution is 2.42. The van der Waals surface area contributed by atoms with Crippen LogP contribution in [0.1, 0.15) is 42.4 Å². The second kappa shape index (κ2) is 2.93. The van der Waals surface area contributed by atoms with Crippen molar-refractivity contribution in [1.29, 1.82) is 0 Å². The van der Waals surface area contributed by atoms with Crippen molar-refractivity contribution < 1.29 is 0 Å². The minimum Gasteiger partial charge on any atom is -0.0617 e. The summed E-state index contributed by atoms with van der Waals surface area (Å²) < 4.78 is 0. The highest BCUT2D eigenvalue weighted by molar-refractivity contribution is 5.38. The van der Waals surface area contributed by atoms with Crippen molar-refractivity contribution in [2.24, 2.45) is 0 Å². The van der Waals surface area contributed by atoms with E-state index >= 15 is 0 Å². The molecule has 0 radical (unpaired) electrons. The lowest BCUT2D eigenvalue weighted by Crippen LogP contribution is -1.93. The Morgan fingerprint density at radius 2 is 2.08 bits per heavy atom. The lowest BCUT2D eigenvalue weighted by Gasteiger charge is -2.09. The van der Waals surface area contributed by atoms with E-state index in [-0.39, 0.29) is 0 Å². The summed E-state index contributed by atoms with van der Waals surface area (Å²) in [5.41, 5.74) is 4.69. The molecule has 1 fully saturated rings. The Morgan fingerprint density at radius 1 is 1.33 bits per heavy atom. The summed E-state index contributed by atoms with van der Waals surface area (Å²) in [7, 11) is 0. The van der Waals surface area contributed by atoms with Crippen molar-refractivity contribution in [3.63, 3.8) is 0 Å². The van der Waals surface area contributed by atoms with Crippen LogP contribution in [-0.2, 0) is 6.42 Å². The molecule has 1 aliphatic rings. The number of aryl methyl sites for hydroxylation is 1. The van der Waals surface area contributed by atoms with Gasteiger partial charge < -0.3 is 0 Å². The first-order valence-corrected chi connectivity index (χ1v) is 4.91. The van der Waals surface area contributed by atoms with Gasteiger partial charge >= 0.3 is 0 Å². The molecule has 0 unspecified atom stereocenters. The molecule has 1 aliphatic carbocycles. The number of hydrogen-bond acceptors (Lipinski definition) is 0. The summed E-state index contributed by atoms with van der Waals surface area (Å²) in [6.45, 7) is 4.49. The van der Waals surface area contributed by atoms with Crippen molar-refractivity contribution in [3.8, 4) is 0 Å². The predicted octanol–water partition coefficient (Wildman–Crippen LogP) is 3.43. The maximum atomic E-state index is 2.31. The molecule has 0 saturated heterocycles. The molecular formula is C12H16. The van der Waals surface area contributed by atoms with Crippen molar-refractivity contribution >= 4 is 0 Å². The molecule has 2 rings (SSSR count). The highest BCUT2D eigenvalue weighted by atomic mass is 14.3. The van der Waals surface area contributed by atoms with Crippen LogP contribution < -0.4 is 0 Å². The maximum absolute atomic E-state index is 2.31. The van der Waals surface area contributed by atoms with E-state index in [1.54, 1.807) is 11.1 Å². The minimum absolute atomic E-state index is 0.903. The van der Waals surface area contributed by atoms with Crippen LogP contribution in [0.25, 0.3) is 0 Å². The third-order valence-electron chi connectivity index (χ3n) is 2.82. The van der Waals surface area contributed by atoms with Crippen LogP contribution in [0.4, 0.5) is 0 Å². The molecule has 0 bridgehead atoms. The van der Waals surface area contributed by atoms with Gasteiger partial charge in [-0.15, -0.1) is 0 Å². The van der Waals surface area contributed by atoms with Gasteiger partial charge in [0.1, 0.15) is 0 Å². The average Bonchev–Trinajstić information content (AvgIpc) is 2.86. The van der Waals surface area contributed by atoms with E-state index in [1.807, 2.05) is 0 Å². The lowest BCUT2D eigenvalue weighted by molar-refractivity contribution is 1.01. The van der Waals surface area contributed by atoms with Crippen LogP contribution >= 0.6 is 0 Å². The molecule has 0 aliphatic heterocycles. The van der Waals surface area contributed by atoms with E-state index in [2.05, 4.69) is 32.0 Å². The molecule has 64 valence electrons. The van der Waals surface area contributed by atoms with E-state index in [4.69, 9.17) is 0 Å². The Balaban J connectivity index is 2.43. The molecule has 0 spiro atoms. The summed E-state index contributed by atoms with van der Waals surface area (Å²) in [5, 5.41) is 0. The fourth-order valence-electron chi connectivity index (χ4n) is 1.98. The molecule has 0 heterocycles. The van der Waals surface area contributed by atoms with Crippen LogP contribution in [-0.4, -0.2) is 0 Å². The zero-order chi connectivity index (χ0) is 8.55. The second-order valence-corrected chi connectivity index (χ2v) is 3.77. The summed E-state index contributed by atoms with van der Waals surface area (Å²) >= 11 is 0. The van der Waals surface area contributed by atoms with Gasteiger partial charge in [-0.05, 0) is 48.8 Å². The van der Waals surface area contributed by atoms with Crippen LogP contribution in [0.3, 0.4) is 0 Å². The molecule has 1 aromatic carbocycles. The summed E-state index contributed by atoms with van der Waals surface area (Å²) in [5.74, 6) is 0.903. The van der Waals surface area contributed by atoms with Gasteiger partial charge in [-0.25, -0.2) is 0 Å². The van der Waals surface area contributed by atoms with Gasteiger partial charge in [0.25, 0.3) is 0 Å². The van der Waals surface area contributed by atoms with Crippen LogP contribution in [0.2, 0.25) is 0 Å². The largest absolute Gasteiger partial charge is 0.0617 e. The van der Waals surface area contributed by atoms with Crippen LogP contribution in [0, 0.1) is 6.92 Å². The molecule has 0 aromatic heterocycles. The van der Waals surface area contributed by atoms with Gasteiger partial charge in [0.15, 0.2) is 0 Å². The number of rotatable bonds is 2. The van der Waals surface area contributed by atoms with E-state index in [9.17, 15) is 0 Å². The number of hydrogen-bond donors (Lipinski definition) is 0. The minimum atomic E-state index is 0.903. The summed E-state index contributed by atoms with van der Waals surface area (Å²) in [6.07, 6.45) is 4.02. The molecule has 12 heavy (non-hydrogen) atoms. The third kappa shape index (κ3) is 1.26. The Hall–Kier alpha value is -0.780. The average molecular weight is 160 g/mol. The molecule has 0 heteroatoms. The molecular weight excluding hydrogens is 144 g/mol. The van der Waals surface area contributed by atoms with Crippen LogP contribution in [0.5, 0.6) is 0 Å². The fraction of sp³-hybridized carbons (Fsp3) is 0.500. The number of benzene rings is 1. The zero-order valence-corrected chi connectivity index (χ0v) is 7.93. The topological polar surface area (TPSA) is 0 Å². The monoisotopic (exact) mass is 160 g/mol. The third-order valence-corrected chi connectivity index (χ3v) is 2.82. The fourth-order valence-corrected chi connectivity index (χ4v) is 1.98. The van der Waals surface area contributed by atoms with E-state index < -0.39 is 0 Å². The van der Waals surface area contributed by atoms with Gasteiger partial charge in [0.2, 0.25) is 0 Å². The molecule has 0 N–H and O–H groups in total. The van der Waals surface area contributed by atoms with Gasteiger partial charge in [-0.1, -0.05) is 25.1 Å². The van der Waals surface area contributed by atoms with Crippen molar-refractivity contribution in [2.75, 3.05) is 0 Å². The quantitative estimate of drug-likeness (QED) is 0.621. The molecule has 1 aromatic rings. The SMILES string of the molecule is CCc1c(C)cccc1C1CC1. The Morgan fingerprint density at radius 3 is 2.67 bits per heavy atom. The predicted molar refractivity (Wildman–Crippen MR) is 52.5 cm³/mol. The Kier molecular flexibility index (Phi) is 1.92. The van der Waals surface area contributed by atoms with Gasteiger partial charge in [0.05, 0.1) is 0 Å². The summed E-state index contributed by atoms with van der Waals surface area (Å²) in [4.78, 5) is 0. The second-order valence-electron chi connectivity index (χ2n) is 3.77. The van der Waals surface area contributed by atoms with E-state index in [0.717, 1.165) is 5.92 Å². The van der Waals surface area contributed by atoms with Crippen LogP contribution in [0.15, 0.2) is 18.2 Å².